The largest absolute Gasteiger partial charge is 0.449 e. The summed E-state index contributed by atoms with van der Waals surface area (Å²) in [6.07, 6.45) is 8.89. The molecule has 8 heteroatoms. The monoisotopic (exact) mass is 437 g/mol. The van der Waals surface area contributed by atoms with Crippen LogP contribution in [0.15, 0.2) is 48.8 Å². The van der Waals surface area contributed by atoms with Gasteiger partial charge in [0, 0.05) is 24.5 Å². The van der Waals surface area contributed by atoms with Gasteiger partial charge in [-0.05, 0) is 75.6 Å². The van der Waals surface area contributed by atoms with Crippen molar-refractivity contribution < 1.29 is 14.3 Å². The first-order valence-corrected chi connectivity index (χ1v) is 11.4. The molecule has 32 heavy (non-hydrogen) atoms. The van der Waals surface area contributed by atoms with Gasteiger partial charge in [-0.15, -0.1) is 0 Å². The smallest absolute Gasteiger partial charge is 0.309 e. The molecule has 2 saturated carbocycles. The van der Waals surface area contributed by atoms with Gasteiger partial charge in [0.1, 0.15) is 11.6 Å². The van der Waals surface area contributed by atoms with Crippen molar-refractivity contribution in [2.45, 2.75) is 69.1 Å². The number of pyridine rings is 2. The topological polar surface area (TPSA) is 119 Å². The van der Waals surface area contributed by atoms with Crippen LogP contribution in [0.3, 0.4) is 0 Å². The van der Waals surface area contributed by atoms with Crippen LogP contribution in [0.2, 0.25) is 0 Å². The van der Waals surface area contributed by atoms with Crippen LogP contribution in [0, 0.1) is 5.92 Å². The van der Waals surface area contributed by atoms with Gasteiger partial charge in [-0.1, -0.05) is 12.1 Å². The molecule has 2 aliphatic carbocycles. The molecular formula is C24H31N5O3. The van der Waals surface area contributed by atoms with E-state index in [1.807, 2.05) is 36.4 Å². The number of ether oxygens (including phenoxy) is 1. The highest BCUT2D eigenvalue weighted by molar-refractivity contribution is 5.87. The molecule has 2 aliphatic rings. The van der Waals surface area contributed by atoms with Crippen LogP contribution < -0.4 is 16.4 Å². The summed E-state index contributed by atoms with van der Waals surface area (Å²) in [7, 11) is 0. The number of nitrogens with one attached hydrogen (secondary N) is 2. The number of amides is 1. The van der Waals surface area contributed by atoms with Gasteiger partial charge in [0.05, 0.1) is 5.92 Å². The number of nitrogens with two attached hydrogens (primary N) is 1. The predicted molar refractivity (Wildman–Crippen MR) is 122 cm³/mol. The van der Waals surface area contributed by atoms with Gasteiger partial charge in [-0.25, -0.2) is 9.97 Å². The Morgan fingerprint density at radius 2 is 1.38 bits per heavy atom. The summed E-state index contributed by atoms with van der Waals surface area (Å²) in [5.41, 5.74) is 4.51. The van der Waals surface area contributed by atoms with Crippen molar-refractivity contribution in [2.75, 3.05) is 10.6 Å². The van der Waals surface area contributed by atoms with E-state index in [0.29, 0.717) is 25.7 Å². The number of aromatic nitrogens is 2. The number of esters is 1. The third kappa shape index (κ3) is 5.36. The van der Waals surface area contributed by atoms with Gasteiger partial charge < -0.3 is 21.1 Å². The number of anilines is 2. The Morgan fingerprint density at radius 1 is 0.844 bits per heavy atom. The molecule has 2 aromatic heterocycles. The van der Waals surface area contributed by atoms with Crippen LogP contribution >= 0.6 is 0 Å². The molecule has 4 rings (SSSR count). The van der Waals surface area contributed by atoms with E-state index in [4.69, 9.17) is 10.5 Å². The second-order valence-corrected chi connectivity index (χ2v) is 8.82. The molecule has 0 spiro atoms. The molecule has 2 heterocycles. The van der Waals surface area contributed by atoms with Crippen LogP contribution in [0.25, 0.3) is 0 Å². The summed E-state index contributed by atoms with van der Waals surface area (Å²) in [6.45, 7) is 0. The molecule has 1 amide bonds. The number of carbonyl (C=O) groups is 2. The third-order valence-corrected chi connectivity index (χ3v) is 6.63. The molecule has 8 nitrogen and oxygen atoms in total. The zero-order valence-corrected chi connectivity index (χ0v) is 18.2. The molecule has 0 saturated heterocycles. The van der Waals surface area contributed by atoms with Gasteiger partial charge in [-0.2, -0.15) is 0 Å². The van der Waals surface area contributed by atoms with Gasteiger partial charge >= 0.3 is 5.97 Å². The van der Waals surface area contributed by atoms with Crippen LogP contribution in [0.5, 0.6) is 0 Å². The fourth-order valence-corrected chi connectivity index (χ4v) is 4.69. The summed E-state index contributed by atoms with van der Waals surface area (Å²) < 4.78 is 5.84. The highest BCUT2D eigenvalue weighted by Gasteiger charge is 2.45. The summed E-state index contributed by atoms with van der Waals surface area (Å²) in [6, 6.07) is 11.9. The molecule has 0 radical (unpaired) electrons. The number of hydrogen-bond acceptors (Lipinski definition) is 7. The molecular weight excluding hydrogens is 406 g/mol. The average Bonchev–Trinajstić information content (AvgIpc) is 2.82. The van der Waals surface area contributed by atoms with Crippen molar-refractivity contribution in [3.05, 3.63) is 48.8 Å². The van der Waals surface area contributed by atoms with E-state index in [9.17, 15) is 9.59 Å². The third-order valence-electron chi connectivity index (χ3n) is 6.63. The van der Waals surface area contributed by atoms with E-state index in [2.05, 4.69) is 20.6 Å². The Bertz CT molecular complexity index is 892. The zero-order valence-electron chi connectivity index (χ0n) is 18.2. The average molecular weight is 438 g/mol. The van der Waals surface area contributed by atoms with Crippen LogP contribution in [-0.2, 0) is 14.3 Å². The molecule has 0 aliphatic heterocycles. The normalized spacial score (nSPS) is 27.8. The summed E-state index contributed by atoms with van der Waals surface area (Å²) in [5, 5.41) is 6.81. The van der Waals surface area contributed by atoms with Crippen molar-refractivity contribution in [1.82, 2.24) is 9.97 Å². The fraction of sp³-hybridized carbons (Fsp3) is 0.500. The zero-order chi connectivity index (χ0) is 22.4. The summed E-state index contributed by atoms with van der Waals surface area (Å²) in [4.78, 5) is 33.8. The molecule has 0 bridgehead atoms. The van der Waals surface area contributed by atoms with E-state index < -0.39 is 11.5 Å². The first-order chi connectivity index (χ1) is 15.5. The van der Waals surface area contributed by atoms with E-state index in [1.54, 1.807) is 12.4 Å². The second kappa shape index (κ2) is 9.97. The molecule has 2 fully saturated rings. The van der Waals surface area contributed by atoms with Crippen LogP contribution in [-0.4, -0.2) is 39.5 Å². The maximum absolute atomic E-state index is 12.9. The van der Waals surface area contributed by atoms with Crippen LogP contribution in [0.4, 0.5) is 11.6 Å². The number of primary amides is 1. The number of rotatable bonds is 7. The Morgan fingerprint density at radius 3 is 1.84 bits per heavy atom. The first kappa shape index (κ1) is 22.0. The van der Waals surface area contributed by atoms with E-state index >= 15 is 0 Å². The molecule has 4 N–H and O–H groups in total. The van der Waals surface area contributed by atoms with Crippen molar-refractivity contribution in [2.24, 2.45) is 11.7 Å². The minimum atomic E-state index is -1.21. The number of hydrogen-bond donors (Lipinski definition) is 3. The van der Waals surface area contributed by atoms with Crippen molar-refractivity contribution >= 4 is 23.5 Å². The van der Waals surface area contributed by atoms with E-state index in [1.165, 1.54) is 0 Å². The Labute approximate surface area is 188 Å². The van der Waals surface area contributed by atoms with Gasteiger partial charge in [0.2, 0.25) is 0 Å². The summed E-state index contributed by atoms with van der Waals surface area (Å²) in [5.74, 6) is 0.612. The lowest BCUT2D eigenvalue weighted by molar-refractivity contribution is -0.176. The quantitative estimate of drug-likeness (QED) is 0.569. The predicted octanol–water partition coefficient (Wildman–Crippen LogP) is 3.27. The highest BCUT2D eigenvalue weighted by atomic mass is 16.6. The van der Waals surface area contributed by atoms with Gasteiger partial charge in [-0.3, -0.25) is 9.59 Å². The number of nitrogens with zero attached hydrogens (tertiary/aromatic N) is 2. The Balaban J connectivity index is 1.28. The minimum absolute atomic E-state index is 0.171. The molecule has 0 unspecified atom stereocenters. The van der Waals surface area contributed by atoms with Crippen LogP contribution in [0.1, 0.15) is 51.4 Å². The second-order valence-electron chi connectivity index (χ2n) is 8.82. The SMILES string of the molecule is NC(=O)C1(OC(=O)C2CCC(Nc3ccccn3)CC2)CCC(Nc2ccccn2)CC1. The lowest BCUT2D eigenvalue weighted by Crippen LogP contribution is -2.52. The summed E-state index contributed by atoms with van der Waals surface area (Å²) >= 11 is 0. The van der Waals surface area contributed by atoms with E-state index in [-0.39, 0.29) is 24.0 Å². The van der Waals surface area contributed by atoms with Crippen molar-refractivity contribution in [3.63, 3.8) is 0 Å². The molecule has 2 aromatic rings. The molecule has 0 atom stereocenters. The Kier molecular flexibility index (Phi) is 6.87. The lowest BCUT2D eigenvalue weighted by atomic mass is 9.80. The molecule has 0 aromatic carbocycles. The van der Waals surface area contributed by atoms with Crippen molar-refractivity contribution in [1.29, 1.82) is 0 Å². The lowest BCUT2D eigenvalue weighted by Gasteiger charge is -2.39. The highest BCUT2D eigenvalue weighted by Crippen LogP contribution is 2.35. The first-order valence-electron chi connectivity index (χ1n) is 11.4. The maximum atomic E-state index is 12.9. The number of carbonyl (C=O) groups excluding carboxylic acids is 2. The van der Waals surface area contributed by atoms with Gasteiger partial charge in [0.15, 0.2) is 5.60 Å². The van der Waals surface area contributed by atoms with E-state index in [0.717, 1.165) is 37.3 Å². The maximum Gasteiger partial charge on any atom is 0.309 e. The Hall–Kier alpha value is -3.16. The van der Waals surface area contributed by atoms with Crippen molar-refractivity contribution in [3.8, 4) is 0 Å². The molecule has 170 valence electrons. The van der Waals surface area contributed by atoms with Gasteiger partial charge in [0.25, 0.3) is 5.91 Å². The minimum Gasteiger partial charge on any atom is -0.449 e. The standard InChI is InChI=1S/C24H31N5O3/c25-23(31)24(13-11-19(12-14-24)29-21-6-2-4-16-27-21)32-22(30)17-7-9-18(10-8-17)28-20-5-1-3-15-26-20/h1-6,15-19H,7-14H2,(H2,25,31)(H,26,28)(H,27,29). The fourth-order valence-electron chi connectivity index (χ4n) is 4.69.